The Labute approximate surface area is 73.7 Å². The van der Waals surface area contributed by atoms with Gasteiger partial charge in [-0.15, -0.1) is 0 Å². The SMILES string of the molecule is OCc1cc(-c2ccsc2)n[nH]1. The van der Waals surface area contributed by atoms with Crippen LogP contribution in [0.4, 0.5) is 0 Å². The monoisotopic (exact) mass is 180 g/mol. The Hall–Kier alpha value is -1.13. The molecule has 0 radical (unpaired) electrons. The van der Waals surface area contributed by atoms with Gasteiger partial charge in [-0.3, -0.25) is 5.10 Å². The molecule has 4 heteroatoms. The normalized spacial score (nSPS) is 10.4. The molecular weight excluding hydrogens is 172 g/mol. The molecule has 2 aromatic rings. The smallest absolute Gasteiger partial charge is 0.0932 e. The number of rotatable bonds is 2. The van der Waals surface area contributed by atoms with Crippen LogP contribution < -0.4 is 0 Å². The first-order valence-corrected chi connectivity index (χ1v) is 4.52. The van der Waals surface area contributed by atoms with Crippen LogP contribution in [0, 0.1) is 0 Å². The number of hydrogen-bond acceptors (Lipinski definition) is 3. The van der Waals surface area contributed by atoms with E-state index in [0.29, 0.717) is 0 Å². The van der Waals surface area contributed by atoms with Crippen molar-refractivity contribution in [3.63, 3.8) is 0 Å². The minimum absolute atomic E-state index is 0.0110. The Kier molecular flexibility index (Phi) is 1.93. The summed E-state index contributed by atoms with van der Waals surface area (Å²) < 4.78 is 0. The Morgan fingerprint density at radius 2 is 2.50 bits per heavy atom. The molecule has 0 aliphatic carbocycles. The summed E-state index contributed by atoms with van der Waals surface area (Å²) in [6, 6.07) is 3.85. The van der Waals surface area contributed by atoms with Crippen molar-refractivity contribution < 1.29 is 5.11 Å². The lowest BCUT2D eigenvalue weighted by Crippen LogP contribution is -1.79. The van der Waals surface area contributed by atoms with E-state index in [4.69, 9.17) is 5.11 Å². The number of H-pyrrole nitrogens is 1. The number of aromatic amines is 1. The molecule has 0 amide bonds. The molecule has 2 N–H and O–H groups in total. The Balaban J connectivity index is 2.35. The maximum atomic E-state index is 8.78. The van der Waals surface area contributed by atoms with E-state index in [0.717, 1.165) is 17.0 Å². The van der Waals surface area contributed by atoms with Crippen LogP contribution in [0.5, 0.6) is 0 Å². The fraction of sp³-hybridized carbons (Fsp3) is 0.125. The van der Waals surface area contributed by atoms with Crippen molar-refractivity contribution in [2.45, 2.75) is 6.61 Å². The van der Waals surface area contributed by atoms with E-state index in [1.807, 2.05) is 22.9 Å². The number of aliphatic hydroxyl groups excluding tert-OH is 1. The van der Waals surface area contributed by atoms with Crippen molar-refractivity contribution in [2.75, 3.05) is 0 Å². The molecule has 0 fully saturated rings. The van der Waals surface area contributed by atoms with Gasteiger partial charge in [-0.1, -0.05) is 0 Å². The molecule has 12 heavy (non-hydrogen) atoms. The molecular formula is C8H8N2OS. The molecule has 62 valence electrons. The zero-order valence-electron chi connectivity index (χ0n) is 6.32. The summed E-state index contributed by atoms with van der Waals surface area (Å²) in [6.45, 7) is 0.0110. The third-order valence-electron chi connectivity index (χ3n) is 1.62. The number of aromatic nitrogens is 2. The fourth-order valence-corrected chi connectivity index (χ4v) is 1.65. The van der Waals surface area contributed by atoms with Crippen LogP contribution in [0.2, 0.25) is 0 Å². The number of hydrogen-bond donors (Lipinski definition) is 2. The van der Waals surface area contributed by atoms with Gasteiger partial charge in [0.15, 0.2) is 0 Å². The summed E-state index contributed by atoms with van der Waals surface area (Å²) in [7, 11) is 0. The summed E-state index contributed by atoms with van der Waals surface area (Å²) in [5.41, 5.74) is 2.73. The van der Waals surface area contributed by atoms with Gasteiger partial charge in [-0.25, -0.2) is 0 Å². The summed E-state index contributed by atoms with van der Waals surface area (Å²) in [6.07, 6.45) is 0. The minimum atomic E-state index is 0.0110. The first-order chi connectivity index (χ1) is 5.90. The van der Waals surface area contributed by atoms with Gasteiger partial charge in [0.05, 0.1) is 18.0 Å². The molecule has 2 rings (SSSR count). The largest absolute Gasteiger partial charge is 0.390 e. The molecule has 0 atom stereocenters. The highest BCUT2D eigenvalue weighted by molar-refractivity contribution is 7.08. The number of thiophene rings is 1. The predicted octanol–water partition coefficient (Wildman–Crippen LogP) is 1.63. The highest BCUT2D eigenvalue weighted by Crippen LogP contribution is 2.20. The maximum absolute atomic E-state index is 8.78. The van der Waals surface area contributed by atoms with Crippen LogP contribution >= 0.6 is 11.3 Å². The van der Waals surface area contributed by atoms with Crippen LogP contribution in [-0.2, 0) is 6.61 Å². The molecule has 0 aliphatic rings. The molecule has 2 heterocycles. The van der Waals surface area contributed by atoms with Crippen LogP contribution in [0.1, 0.15) is 5.69 Å². The number of aliphatic hydroxyl groups is 1. The highest BCUT2D eigenvalue weighted by atomic mass is 32.1. The van der Waals surface area contributed by atoms with Crippen molar-refractivity contribution in [1.82, 2.24) is 10.2 Å². The minimum Gasteiger partial charge on any atom is -0.390 e. The summed E-state index contributed by atoms with van der Waals surface area (Å²) in [4.78, 5) is 0. The van der Waals surface area contributed by atoms with Crippen molar-refractivity contribution in [3.05, 3.63) is 28.6 Å². The summed E-state index contributed by atoms with van der Waals surface area (Å²) in [5.74, 6) is 0. The molecule has 0 saturated heterocycles. The van der Waals surface area contributed by atoms with Crippen molar-refractivity contribution >= 4 is 11.3 Å². The zero-order chi connectivity index (χ0) is 8.39. The van der Waals surface area contributed by atoms with Crippen LogP contribution in [0.3, 0.4) is 0 Å². The lowest BCUT2D eigenvalue weighted by molar-refractivity contribution is 0.276. The predicted molar refractivity (Wildman–Crippen MR) is 47.8 cm³/mol. The van der Waals surface area contributed by atoms with E-state index in [1.54, 1.807) is 11.3 Å². The van der Waals surface area contributed by atoms with E-state index in [1.165, 1.54) is 0 Å². The van der Waals surface area contributed by atoms with Gasteiger partial charge >= 0.3 is 0 Å². The van der Waals surface area contributed by atoms with Crippen LogP contribution in [-0.4, -0.2) is 15.3 Å². The van der Waals surface area contributed by atoms with Crippen molar-refractivity contribution in [1.29, 1.82) is 0 Å². The molecule has 3 nitrogen and oxygen atoms in total. The second kappa shape index (κ2) is 3.08. The number of nitrogens with one attached hydrogen (secondary N) is 1. The molecule has 2 aromatic heterocycles. The summed E-state index contributed by atoms with van der Waals surface area (Å²) in [5, 5.41) is 19.6. The number of nitrogens with zero attached hydrogens (tertiary/aromatic N) is 1. The van der Waals surface area contributed by atoms with Crippen LogP contribution in [0.25, 0.3) is 11.3 Å². The lowest BCUT2D eigenvalue weighted by Gasteiger charge is -1.84. The second-order valence-corrected chi connectivity index (χ2v) is 3.23. The first kappa shape index (κ1) is 7.52. The third kappa shape index (κ3) is 1.26. The van der Waals surface area contributed by atoms with E-state index >= 15 is 0 Å². The second-order valence-electron chi connectivity index (χ2n) is 2.45. The molecule has 0 saturated carbocycles. The Morgan fingerprint density at radius 1 is 1.58 bits per heavy atom. The Morgan fingerprint density at radius 3 is 3.08 bits per heavy atom. The zero-order valence-corrected chi connectivity index (χ0v) is 7.14. The Bertz CT molecular complexity index is 353. The average Bonchev–Trinajstić information content (AvgIpc) is 2.75. The molecule has 0 aromatic carbocycles. The molecule has 0 bridgehead atoms. The highest BCUT2D eigenvalue weighted by Gasteiger charge is 2.02. The van der Waals surface area contributed by atoms with Gasteiger partial charge in [0.1, 0.15) is 0 Å². The third-order valence-corrected chi connectivity index (χ3v) is 2.30. The van der Waals surface area contributed by atoms with Gasteiger partial charge in [0.25, 0.3) is 0 Å². The van der Waals surface area contributed by atoms with Gasteiger partial charge < -0.3 is 5.11 Å². The first-order valence-electron chi connectivity index (χ1n) is 3.58. The standard InChI is InChI=1S/C8H8N2OS/c11-4-7-3-8(10-9-7)6-1-2-12-5-6/h1-3,5,11H,4H2,(H,9,10). The van der Waals surface area contributed by atoms with Crippen LogP contribution in [0.15, 0.2) is 22.9 Å². The van der Waals surface area contributed by atoms with Crippen molar-refractivity contribution in [2.24, 2.45) is 0 Å². The molecule has 0 unspecified atom stereocenters. The van der Waals surface area contributed by atoms with E-state index in [9.17, 15) is 0 Å². The lowest BCUT2D eigenvalue weighted by atomic mass is 10.2. The van der Waals surface area contributed by atoms with Gasteiger partial charge in [-0.2, -0.15) is 16.4 Å². The molecule has 0 spiro atoms. The van der Waals surface area contributed by atoms with E-state index in [-0.39, 0.29) is 6.61 Å². The quantitative estimate of drug-likeness (QED) is 0.738. The van der Waals surface area contributed by atoms with E-state index in [2.05, 4.69) is 10.2 Å². The molecule has 0 aliphatic heterocycles. The van der Waals surface area contributed by atoms with Gasteiger partial charge in [0.2, 0.25) is 0 Å². The fourth-order valence-electron chi connectivity index (χ4n) is 1.00. The maximum Gasteiger partial charge on any atom is 0.0932 e. The van der Waals surface area contributed by atoms with E-state index < -0.39 is 0 Å². The van der Waals surface area contributed by atoms with Gasteiger partial charge in [-0.05, 0) is 17.5 Å². The van der Waals surface area contributed by atoms with Crippen molar-refractivity contribution in [3.8, 4) is 11.3 Å². The summed E-state index contributed by atoms with van der Waals surface area (Å²) >= 11 is 1.63. The van der Waals surface area contributed by atoms with Gasteiger partial charge in [0, 0.05) is 10.9 Å². The average molecular weight is 180 g/mol. The topological polar surface area (TPSA) is 48.9 Å².